The fourth-order valence-corrected chi connectivity index (χ4v) is 4.41. The standard InChI is InChI=1S/C22H24F3N3O4S/c1-3-32-20(31)15-7-9-27(10-8-15)19(30)14(2)28-11-12-33-21(28)26-18(29)16-5-4-6-17(13-16)22(23,24)25/h4-6,11-15H,3,7-10H2,1-2H3/t14-/m1/s1. The topological polar surface area (TPSA) is 81.0 Å². The molecule has 2 heterocycles. The summed E-state index contributed by atoms with van der Waals surface area (Å²) in [6.07, 6.45) is -1.94. The van der Waals surface area contributed by atoms with Crippen LogP contribution in [-0.2, 0) is 20.5 Å². The number of esters is 1. The molecule has 33 heavy (non-hydrogen) atoms. The van der Waals surface area contributed by atoms with Gasteiger partial charge in [-0.25, -0.2) is 0 Å². The maximum atomic E-state index is 13.0. The third kappa shape index (κ3) is 5.89. The van der Waals surface area contributed by atoms with E-state index in [2.05, 4.69) is 4.99 Å². The molecule has 2 aromatic rings. The monoisotopic (exact) mass is 483 g/mol. The van der Waals surface area contributed by atoms with Crippen LogP contribution >= 0.6 is 11.3 Å². The van der Waals surface area contributed by atoms with Gasteiger partial charge in [0.25, 0.3) is 5.91 Å². The van der Waals surface area contributed by atoms with Gasteiger partial charge in [-0.1, -0.05) is 6.07 Å². The van der Waals surface area contributed by atoms with Crippen molar-refractivity contribution in [1.29, 1.82) is 0 Å². The van der Waals surface area contributed by atoms with Crippen LogP contribution in [0.1, 0.15) is 48.7 Å². The van der Waals surface area contributed by atoms with E-state index in [1.165, 1.54) is 10.6 Å². The van der Waals surface area contributed by atoms with Crippen LogP contribution in [0.15, 0.2) is 40.8 Å². The molecule has 0 aliphatic carbocycles. The van der Waals surface area contributed by atoms with E-state index in [-0.39, 0.29) is 28.2 Å². The number of halogens is 3. The van der Waals surface area contributed by atoms with E-state index in [0.717, 1.165) is 29.5 Å². The van der Waals surface area contributed by atoms with Gasteiger partial charge in [0, 0.05) is 30.2 Å². The lowest BCUT2D eigenvalue weighted by Crippen LogP contribution is -2.44. The lowest BCUT2D eigenvalue weighted by molar-refractivity contribution is -0.151. The van der Waals surface area contributed by atoms with Crippen molar-refractivity contribution in [3.05, 3.63) is 51.8 Å². The van der Waals surface area contributed by atoms with Gasteiger partial charge in [-0.15, -0.1) is 11.3 Å². The highest BCUT2D eigenvalue weighted by Crippen LogP contribution is 2.29. The molecule has 1 saturated heterocycles. The molecule has 0 radical (unpaired) electrons. The summed E-state index contributed by atoms with van der Waals surface area (Å²) < 4.78 is 45.4. The molecule has 1 aromatic carbocycles. The van der Waals surface area contributed by atoms with Crippen molar-refractivity contribution in [3.63, 3.8) is 0 Å². The van der Waals surface area contributed by atoms with E-state index < -0.39 is 23.7 Å². The second kappa shape index (κ2) is 10.3. The number of carbonyl (C=O) groups excluding carboxylic acids is 3. The molecular weight excluding hydrogens is 459 g/mol. The van der Waals surface area contributed by atoms with Gasteiger partial charge in [0.05, 0.1) is 18.1 Å². The van der Waals surface area contributed by atoms with Gasteiger partial charge >= 0.3 is 12.1 Å². The molecule has 3 rings (SSSR count). The maximum Gasteiger partial charge on any atom is 0.416 e. The largest absolute Gasteiger partial charge is 0.466 e. The number of benzene rings is 1. The molecule has 7 nitrogen and oxygen atoms in total. The average molecular weight is 484 g/mol. The predicted octanol–water partition coefficient (Wildman–Crippen LogP) is 3.67. The van der Waals surface area contributed by atoms with Crippen LogP contribution in [0.5, 0.6) is 0 Å². The minimum absolute atomic E-state index is 0.190. The first kappa shape index (κ1) is 24.7. The van der Waals surface area contributed by atoms with Gasteiger partial charge in [0.1, 0.15) is 6.04 Å². The Labute approximate surface area is 192 Å². The van der Waals surface area contributed by atoms with Crippen LogP contribution in [0.4, 0.5) is 13.2 Å². The molecule has 1 aliphatic heterocycles. The number of amides is 2. The molecule has 0 bridgehead atoms. The molecule has 1 aliphatic rings. The van der Waals surface area contributed by atoms with Crippen molar-refractivity contribution in [2.24, 2.45) is 10.9 Å². The smallest absolute Gasteiger partial charge is 0.416 e. The Balaban J connectivity index is 1.73. The lowest BCUT2D eigenvalue weighted by Gasteiger charge is -2.32. The summed E-state index contributed by atoms with van der Waals surface area (Å²) in [5.74, 6) is -1.50. The fourth-order valence-electron chi connectivity index (χ4n) is 3.62. The maximum absolute atomic E-state index is 13.0. The van der Waals surface area contributed by atoms with Crippen molar-refractivity contribution in [2.45, 2.75) is 38.9 Å². The van der Waals surface area contributed by atoms with Gasteiger partial charge in [-0.2, -0.15) is 18.2 Å². The summed E-state index contributed by atoms with van der Waals surface area (Å²) in [6, 6.07) is 3.38. The van der Waals surface area contributed by atoms with Gasteiger partial charge in [-0.3, -0.25) is 14.4 Å². The van der Waals surface area contributed by atoms with E-state index >= 15 is 0 Å². The van der Waals surface area contributed by atoms with Crippen molar-refractivity contribution < 1.29 is 32.3 Å². The minimum Gasteiger partial charge on any atom is -0.466 e. The van der Waals surface area contributed by atoms with E-state index in [1.807, 2.05) is 0 Å². The zero-order chi connectivity index (χ0) is 24.2. The zero-order valence-corrected chi connectivity index (χ0v) is 19.0. The van der Waals surface area contributed by atoms with Gasteiger partial charge in [-0.05, 0) is 44.9 Å². The number of nitrogens with zero attached hydrogens (tertiary/aromatic N) is 3. The Morgan fingerprint density at radius 2 is 1.94 bits per heavy atom. The Morgan fingerprint density at radius 1 is 1.24 bits per heavy atom. The Hall–Kier alpha value is -2.95. The number of rotatable bonds is 5. The fraction of sp³-hybridized carbons (Fsp3) is 0.455. The second-order valence-corrected chi connectivity index (χ2v) is 8.49. The van der Waals surface area contributed by atoms with Crippen LogP contribution in [0.3, 0.4) is 0 Å². The van der Waals surface area contributed by atoms with Gasteiger partial charge < -0.3 is 14.2 Å². The highest BCUT2D eigenvalue weighted by molar-refractivity contribution is 7.07. The summed E-state index contributed by atoms with van der Waals surface area (Å²) in [6.45, 7) is 4.55. The molecule has 1 aromatic heterocycles. The molecule has 178 valence electrons. The number of hydrogen-bond donors (Lipinski definition) is 0. The minimum atomic E-state index is -4.57. The highest BCUT2D eigenvalue weighted by atomic mass is 32.1. The van der Waals surface area contributed by atoms with E-state index in [1.54, 1.807) is 30.3 Å². The van der Waals surface area contributed by atoms with Gasteiger partial charge in [0.2, 0.25) is 5.91 Å². The third-order valence-electron chi connectivity index (χ3n) is 5.45. The van der Waals surface area contributed by atoms with Crippen LogP contribution in [0.25, 0.3) is 0 Å². The van der Waals surface area contributed by atoms with Crippen molar-refractivity contribution in [2.75, 3.05) is 19.7 Å². The summed E-state index contributed by atoms with van der Waals surface area (Å²) in [4.78, 5) is 43.2. The summed E-state index contributed by atoms with van der Waals surface area (Å²) in [5.41, 5.74) is -1.12. The first-order valence-corrected chi connectivity index (χ1v) is 11.4. The molecule has 0 unspecified atom stereocenters. The molecule has 0 saturated carbocycles. The van der Waals surface area contributed by atoms with Crippen LogP contribution in [0.2, 0.25) is 0 Å². The number of hydrogen-bond acceptors (Lipinski definition) is 5. The first-order chi connectivity index (χ1) is 15.6. The second-order valence-electron chi connectivity index (χ2n) is 7.62. The number of likely N-dealkylation sites (tertiary alicyclic amines) is 1. The number of piperidine rings is 1. The molecule has 0 spiro atoms. The zero-order valence-electron chi connectivity index (χ0n) is 18.2. The molecule has 0 N–H and O–H groups in total. The van der Waals surface area contributed by atoms with Gasteiger partial charge in [0.15, 0.2) is 4.80 Å². The SMILES string of the molecule is CCOC(=O)C1CCN(C(=O)[C@@H](C)n2ccsc2=NC(=O)c2cccc(C(F)(F)F)c2)CC1. The van der Waals surface area contributed by atoms with Crippen LogP contribution in [-0.4, -0.2) is 46.9 Å². The Morgan fingerprint density at radius 3 is 2.58 bits per heavy atom. The van der Waals surface area contributed by atoms with E-state index in [0.29, 0.717) is 32.5 Å². The molecule has 1 fully saturated rings. The summed E-state index contributed by atoms with van der Waals surface area (Å²) in [7, 11) is 0. The van der Waals surface area contributed by atoms with Crippen molar-refractivity contribution >= 4 is 29.1 Å². The van der Waals surface area contributed by atoms with E-state index in [9.17, 15) is 27.6 Å². The number of carbonyl (C=O) groups is 3. The molecule has 11 heteroatoms. The highest BCUT2D eigenvalue weighted by Gasteiger charge is 2.32. The number of alkyl halides is 3. The third-order valence-corrected chi connectivity index (χ3v) is 6.22. The predicted molar refractivity (Wildman–Crippen MR) is 114 cm³/mol. The summed E-state index contributed by atoms with van der Waals surface area (Å²) >= 11 is 1.11. The lowest BCUT2D eigenvalue weighted by atomic mass is 9.96. The van der Waals surface area contributed by atoms with E-state index in [4.69, 9.17) is 4.74 Å². The van der Waals surface area contributed by atoms with Crippen LogP contribution in [0, 0.1) is 5.92 Å². The number of ether oxygens (including phenoxy) is 1. The molecular formula is C22H24F3N3O4S. The Bertz CT molecular complexity index is 1080. The first-order valence-electron chi connectivity index (χ1n) is 10.5. The summed E-state index contributed by atoms with van der Waals surface area (Å²) in [5, 5.41) is 1.65. The normalized spacial score (nSPS) is 16.5. The van der Waals surface area contributed by atoms with Crippen LogP contribution < -0.4 is 4.80 Å². The Kier molecular flexibility index (Phi) is 7.72. The van der Waals surface area contributed by atoms with Crippen molar-refractivity contribution in [3.8, 4) is 0 Å². The number of aromatic nitrogens is 1. The molecule has 1 atom stereocenters. The average Bonchev–Trinajstić information content (AvgIpc) is 3.26. The quantitative estimate of drug-likeness (QED) is 0.608. The van der Waals surface area contributed by atoms with Crippen molar-refractivity contribution in [1.82, 2.24) is 9.47 Å². The molecule has 2 amide bonds. The number of thiazole rings is 1.